The van der Waals surface area contributed by atoms with Gasteiger partial charge in [0.15, 0.2) is 5.75 Å². The molecule has 1 aromatic heterocycles. The molecule has 1 aromatic carbocycles. The molecule has 19 heavy (non-hydrogen) atoms. The molecular weight excluding hydrogens is 242 g/mol. The van der Waals surface area contributed by atoms with Crippen LogP contribution in [0.1, 0.15) is 17.4 Å². The lowest BCUT2D eigenvalue weighted by Crippen LogP contribution is -2.23. The van der Waals surface area contributed by atoms with Crippen LogP contribution in [0.15, 0.2) is 48.7 Å². The van der Waals surface area contributed by atoms with Crippen molar-refractivity contribution in [1.82, 2.24) is 10.3 Å². The van der Waals surface area contributed by atoms with E-state index in [1.54, 1.807) is 12.1 Å². The SMILES string of the molecule is CCNC(=O)c1cc(ONc2ccccc2)ccn1. The van der Waals surface area contributed by atoms with Gasteiger partial charge in [-0.15, -0.1) is 0 Å². The van der Waals surface area contributed by atoms with Crippen LogP contribution in [0.5, 0.6) is 5.75 Å². The first-order valence-corrected chi connectivity index (χ1v) is 6.01. The molecule has 0 fully saturated rings. The normalized spacial score (nSPS) is 9.74. The Balaban J connectivity index is 2.01. The van der Waals surface area contributed by atoms with Crippen LogP contribution < -0.4 is 15.6 Å². The maximum atomic E-state index is 11.6. The summed E-state index contributed by atoms with van der Waals surface area (Å²) >= 11 is 0. The van der Waals surface area contributed by atoms with Crippen molar-refractivity contribution >= 4 is 11.6 Å². The van der Waals surface area contributed by atoms with Crippen molar-refractivity contribution in [2.75, 3.05) is 12.0 Å². The van der Waals surface area contributed by atoms with Gasteiger partial charge in [-0.1, -0.05) is 18.2 Å². The average molecular weight is 257 g/mol. The third-order valence-electron chi connectivity index (χ3n) is 2.36. The minimum atomic E-state index is -0.215. The van der Waals surface area contributed by atoms with Gasteiger partial charge in [0.2, 0.25) is 0 Å². The number of rotatable bonds is 5. The monoisotopic (exact) mass is 257 g/mol. The molecule has 2 rings (SSSR count). The third-order valence-corrected chi connectivity index (χ3v) is 2.36. The summed E-state index contributed by atoms with van der Waals surface area (Å²) in [5.41, 5.74) is 3.96. The number of anilines is 1. The van der Waals surface area contributed by atoms with Crippen LogP contribution in [0, 0.1) is 0 Å². The molecule has 0 aliphatic rings. The zero-order valence-corrected chi connectivity index (χ0v) is 10.6. The highest BCUT2D eigenvalue weighted by molar-refractivity contribution is 5.92. The molecule has 0 aliphatic heterocycles. The summed E-state index contributed by atoms with van der Waals surface area (Å²) in [6.45, 7) is 2.42. The maximum Gasteiger partial charge on any atom is 0.270 e. The summed E-state index contributed by atoms with van der Waals surface area (Å²) < 4.78 is 0. The second kappa shape index (κ2) is 6.39. The highest BCUT2D eigenvalue weighted by atomic mass is 16.6. The Kier molecular flexibility index (Phi) is 4.34. The van der Waals surface area contributed by atoms with Crippen molar-refractivity contribution in [2.45, 2.75) is 6.92 Å². The van der Waals surface area contributed by atoms with Crippen molar-refractivity contribution in [3.05, 3.63) is 54.4 Å². The van der Waals surface area contributed by atoms with Gasteiger partial charge in [0.25, 0.3) is 5.91 Å². The number of carbonyl (C=O) groups excluding carboxylic acids is 1. The predicted octanol–water partition coefficient (Wildman–Crippen LogP) is 2.24. The number of hydrogen-bond donors (Lipinski definition) is 2. The van der Waals surface area contributed by atoms with E-state index < -0.39 is 0 Å². The summed E-state index contributed by atoms with van der Waals surface area (Å²) in [5.74, 6) is 0.313. The average Bonchev–Trinajstić information content (AvgIpc) is 2.47. The molecule has 5 nitrogen and oxygen atoms in total. The van der Waals surface area contributed by atoms with Crippen LogP contribution in [-0.4, -0.2) is 17.4 Å². The molecule has 0 atom stereocenters. The first-order chi connectivity index (χ1) is 9.29. The number of nitrogens with one attached hydrogen (secondary N) is 2. The van der Waals surface area contributed by atoms with Crippen LogP contribution in [0.25, 0.3) is 0 Å². The fraction of sp³-hybridized carbons (Fsp3) is 0.143. The van der Waals surface area contributed by atoms with E-state index >= 15 is 0 Å². The molecular formula is C14H15N3O2. The molecule has 2 aromatic rings. The van der Waals surface area contributed by atoms with Crippen molar-refractivity contribution in [2.24, 2.45) is 0 Å². The quantitative estimate of drug-likeness (QED) is 0.806. The number of benzene rings is 1. The number of carbonyl (C=O) groups is 1. The molecule has 0 aliphatic carbocycles. The molecule has 0 bridgehead atoms. The molecule has 98 valence electrons. The number of hydrogen-bond acceptors (Lipinski definition) is 4. The van der Waals surface area contributed by atoms with Crippen molar-refractivity contribution in [1.29, 1.82) is 0 Å². The fourth-order valence-electron chi connectivity index (χ4n) is 1.47. The predicted molar refractivity (Wildman–Crippen MR) is 72.9 cm³/mol. The van der Waals surface area contributed by atoms with E-state index in [2.05, 4.69) is 15.8 Å². The zero-order valence-electron chi connectivity index (χ0n) is 10.6. The minimum absolute atomic E-state index is 0.215. The minimum Gasteiger partial charge on any atom is -0.382 e. The summed E-state index contributed by atoms with van der Waals surface area (Å²) in [6, 6.07) is 12.7. The molecule has 1 heterocycles. The van der Waals surface area contributed by atoms with Crippen molar-refractivity contribution in [3.63, 3.8) is 0 Å². The lowest BCUT2D eigenvalue weighted by atomic mass is 10.3. The standard InChI is InChI=1S/C14H15N3O2/c1-2-15-14(18)13-10-12(8-9-16-13)19-17-11-6-4-3-5-7-11/h3-10,17H,2H2,1H3,(H,15,18). The third kappa shape index (κ3) is 3.70. The zero-order chi connectivity index (χ0) is 13.5. The smallest absolute Gasteiger partial charge is 0.270 e. The first-order valence-electron chi connectivity index (χ1n) is 6.01. The highest BCUT2D eigenvalue weighted by Crippen LogP contribution is 2.13. The van der Waals surface area contributed by atoms with Crippen LogP contribution in [0.3, 0.4) is 0 Å². The van der Waals surface area contributed by atoms with E-state index in [1.165, 1.54) is 6.20 Å². The number of amides is 1. The van der Waals surface area contributed by atoms with Gasteiger partial charge in [0.1, 0.15) is 5.69 Å². The second-order valence-corrected chi connectivity index (χ2v) is 3.81. The van der Waals surface area contributed by atoms with E-state index in [9.17, 15) is 4.79 Å². The van der Waals surface area contributed by atoms with E-state index in [4.69, 9.17) is 4.84 Å². The number of pyridine rings is 1. The summed E-state index contributed by atoms with van der Waals surface area (Å²) in [6.07, 6.45) is 1.53. The van der Waals surface area contributed by atoms with Gasteiger partial charge >= 0.3 is 0 Å². The summed E-state index contributed by atoms with van der Waals surface area (Å²) in [7, 11) is 0. The van der Waals surface area contributed by atoms with Gasteiger partial charge in [-0.2, -0.15) is 0 Å². The molecule has 0 spiro atoms. The Morgan fingerprint density at radius 2 is 2.05 bits per heavy atom. The molecule has 0 unspecified atom stereocenters. The molecule has 5 heteroatoms. The lowest BCUT2D eigenvalue weighted by Gasteiger charge is -2.08. The van der Waals surface area contributed by atoms with Crippen LogP contribution in [-0.2, 0) is 0 Å². The summed E-state index contributed by atoms with van der Waals surface area (Å²) in [5, 5.41) is 2.69. The Morgan fingerprint density at radius 1 is 1.26 bits per heavy atom. The van der Waals surface area contributed by atoms with Crippen molar-refractivity contribution in [3.8, 4) is 5.75 Å². The highest BCUT2D eigenvalue weighted by Gasteiger charge is 2.07. The number of aromatic nitrogens is 1. The van der Waals surface area contributed by atoms with E-state index in [0.29, 0.717) is 18.0 Å². The van der Waals surface area contributed by atoms with Crippen LogP contribution in [0.2, 0.25) is 0 Å². The molecule has 0 saturated carbocycles. The van der Waals surface area contributed by atoms with Gasteiger partial charge < -0.3 is 10.2 Å². The molecule has 0 radical (unpaired) electrons. The van der Waals surface area contributed by atoms with E-state index in [1.807, 2.05) is 37.3 Å². The van der Waals surface area contributed by atoms with Gasteiger partial charge in [-0.25, -0.2) is 5.48 Å². The number of para-hydroxylation sites is 1. The number of nitrogens with zero attached hydrogens (tertiary/aromatic N) is 1. The lowest BCUT2D eigenvalue weighted by molar-refractivity contribution is 0.0950. The van der Waals surface area contributed by atoms with Gasteiger partial charge in [-0.05, 0) is 19.1 Å². The maximum absolute atomic E-state index is 11.6. The molecule has 2 N–H and O–H groups in total. The Labute approximate surface area is 111 Å². The Hall–Kier alpha value is -2.56. The molecule has 1 amide bonds. The Bertz CT molecular complexity index is 543. The van der Waals surface area contributed by atoms with E-state index in [0.717, 1.165) is 5.69 Å². The van der Waals surface area contributed by atoms with Gasteiger partial charge in [-0.3, -0.25) is 9.78 Å². The second-order valence-electron chi connectivity index (χ2n) is 3.81. The first kappa shape index (κ1) is 12.9. The Morgan fingerprint density at radius 3 is 2.79 bits per heavy atom. The van der Waals surface area contributed by atoms with Gasteiger partial charge in [0, 0.05) is 24.9 Å². The molecule has 0 saturated heterocycles. The summed E-state index contributed by atoms with van der Waals surface area (Å²) in [4.78, 5) is 21.0. The van der Waals surface area contributed by atoms with Crippen molar-refractivity contribution < 1.29 is 9.63 Å². The van der Waals surface area contributed by atoms with Crippen LogP contribution >= 0.6 is 0 Å². The van der Waals surface area contributed by atoms with Crippen LogP contribution in [0.4, 0.5) is 5.69 Å². The fourth-order valence-corrected chi connectivity index (χ4v) is 1.47. The van der Waals surface area contributed by atoms with E-state index in [-0.39, 0.29) is 5.91 Å². The topological polar surface area (TPSA) is 63.2 Å². The largest absolute Gasteiger partial charge is 0.382 e. The van der Waals surface area contributed by atoms with Gasteiger partial charge in [0.05, 0.1) is 5.69 Å².